The molecule has 0 radical (unpaired) electrons. The van der Waals surface area contributed by atoms with Crippen molar-refractivity contribution in [2.75, 3.05) is 30.3 Å². The van der Waals surface area contributed by atoms with Gasteiger partial charge in [-0.05, 0) is 49.6 Å². The molecule has 0 spiro atoms. The maximum Gasteiger partial charge on any atom is 0.243 e. The zero-order valence-corrected chi connectivity index (χ0v) is 26.2. The van der Waals surface area contributed by atoms with Crippen molar-refractivity contribution in [2.45, 2.75) is 51.7 Å². The number of carbonyl (C=O) groups is 2. The number of rotatable bonds is 13. The summed E-state index contributed by atoms with van der Waals surface area (Å²) in [7, 11) is -3.67. The molecular formula is C32H38ClN3O6S. The van der Waals surface area contributed by atoms with E-state index in [0.29, 0.717) is 47.4 Å². The molecule has 0 saturated carbocycles. The van der Waals surface area contributed by atoms with Gasteiger partial charge in [0, 0.05) is 43.1 Å². The number of benzene rings is 3. The van der Waals surface area contributed by atoms with Crippen LogP contribution < -0.4 is 19.1 Å². The number of amides is 2. The number of ether oxygens (including phenoxy) is 2. The van der Waals surface area contributed by atoms with Crippen molar-refractivity contribution in [1.82, 2.24) is 10.2 Å². The van der Waals surface area contributed by atoms with Crippen LogP contribution in [0.2, 0.25) is 5.02 Å². The van der Waals surface area contributed by atoms with Crippen molar-refractivity contribution in [1.29, 1.82) is 0 Å². The Hall–Kier alpha value is -3.76. The number of halogens is 1. The largest absolute Gasteiger partial charge is 0.486 e. The summed E-state index contributed by atoms with van der Waals surface area (Å²) in [6.45, 7) is 4.73. The van der Waals surface area contributed by atoms with E-state index in [4.69, 9.17) is 21.1 Å². The van der Waals surface area contributed by atoms with Crippen LogP contribution in [0.5, 0.6) is 11.5 Å². The maximum atomic E-state index is 13.9. The van der Waals surface area contributed by atoms with E-state index in [0.717, 1.165) is 11.8 Å². The van der Waals surface area contributed by atoms with E-state index in [-0.39, 0.29) is 43.8 Å². The average molecular weight is 628 g/mol. The fourth-order valence-corrected chi connectivity index (χ4v) is 6.09. The Balaban J connectivity index is 1.58. The topological polar surface area (TPSA) is 105 Å². The van der Waals surface area contributed by atoms with Crippen LogP contribution >= 0.6 is 11.6 Å². The number of fused-ring (bicyclic) bond motifs is 1. The summed E-state index contributed by atoms with van der Waals surface area (Å²) in [4.78, 5) is 29.0. The Morgan fingerprint density at radius 1 is 0.953 bits per heavy atom. The molecule has 0 unspecified atom stereocenters. The molecule has 4 rings (SSSR count). The van der Waals surface area contributed by atoms with Gasteiger partial charge >= 0.3 is 0 Å². The summed E-state index contributed by atoms with van der Waals surface area (Å²) in [5, 5.41) is 3.45. The highest BCUT2D eigenvalue weighted by atomic mass is 35.5. The highest BCUT2D eigenvalue weighted by molar-refractivity contribution is 7.92. The molecule has 1 aliphatic rings. The molecule has 1 heterocycles. The van der Waals surface area contributed by atoms with Gasteiger partial charge in [-0.25, -0.2) is 8.42 Å². The highest BCUT2D eigenvalue weighted by Gasteiger charge is 2.31. The van der Waals surface area contributed by atoms with E-state index < -0.39 is 16.1 Å². The number of carbonyl (C=O) groups excluding carboxylic acids is 2. The number of nitrogens with zero attached hydrogens (tertiary/aromatic N) is 2. The van der Waals surface area contributed by atoms with E-state index in [2.05, 4.69) is 5.32 Å². The van der Waals surface area contributed by atoms with Crippen LogP contribution in [0.1, 0.15) is 37.8 Å². The Morgan fingerprint density at radius 2 is 1.63 bits per heavy atom. The average Bonchev–Trinajstić information content (AvgIpc) is 2.97. The molecule has 9 nitrogen and oxygen atoms in total. The lowest BCUT2D eigenvalue weighted by Crippen LogP contribution is -2.51. The molecule has 3 aromatic carbocycles. The molecule has 0 saturated heterocycles. The molecule has 3 aromatic rings. The van der Waals surface area contributed by atoms with Crippen LogP contribution in [-0.2, 0) is 32.6 Å². The molecule has 0 aliphatic carbocycles. The summed E-state index contributed by atoms with van der Waals surface area (Å²) >= 11 is 6.49. The second kappa shape index (κ2) is 14.6. The molecule has 1 aliphatic heterocycles. The monoisotopic (exact) mass is 627 g/mol. The van der Waals surface area contributed by atoms with Crippen LogP contribution in [0.3, 0.4) is 0 Å². The second-order valence-corrected chi connectivity index (χ2v) is 13.1. The Morgan fingerprint density at radius 3 is 2.30 bits per heavy atom. The molecule has 43 heavy (non-hydrogen) atoms. The van der Waals surface area contributed by atoms with Gasteiger partial charge in [0.25, 0.3) is 0 Å². The fourth-order valence-electron chi connectivity index (χ4n) is 4.94. The summed E-state index contributed by atoms with van der Waals surface area (Å²) in [5.74, 6) is 0.473. The molecule has 1 N–H and O–H groups in total. The Kier molecular flexibility index (Phi) is 10.9. The van der Waals surface area contributed by atoms with Crippen molar-refractivity contribution in [2.24, 2.45) is 0 Å². The predicted octanol–water partition coefficient (Wildman–Crippen LogP) is 4.82. The van der Waals surface area contributed by atoms with E-state index in [9.17, 15) is 18.0 Å². The number of sulfonamides is 1. The number of hydrogen-bond donors (Lipinski definition) is 1. The second-order valence-electron chi connectivity index (χ2n) is 10.7. The van der Waals surface area contributed by atoms with E-state index in [1.165, 1.54) is 4.31 Å². The number of hydrogen-bond acceptors (Lipinski definition) is 6. The van der Waals surface area contributed by atoms with Gasteiger partial charge in [0.05, 0.1) is 11.9 Å². The first-order chi connectivity index (χ1) is 20.5. The van der Waals surface area contributed by atoms with Crippen LogP contribution in [0, 0.1) is 0 Å². The van der Waals surface area contributed by atoms with E-state index in [1.54, 1.807) is 29.2 Å². The third-order valence-corrected chi connectivity index (χ3v) is 8.53. The van der Waals surface area contributed by atoms with Gasteiger partial charge in [0.15, 0.2) is 11.5 Å². The molecule has 0 fully saturated rings. The van der Waals surface area contributed by atoms with Crippen LogP contribution in [0.25, 0.3) is 0 Å². The Labute approximate surface area is 258 Å². The molecule has 0 aromatic heterocycles. The van der Waals surface area contributed by atoms with Crippen molar-refractivity contribution >= 4 is 39.1 Å². The minimum absolute atomic E-state index is 0.0152. The number of nitrogens with one attached hydrogen (secondary N) is 1. The van der Waals surface area contributed by atoms with Gasteiger partial charge in [-0.1, -0.05) is 60.1 Å². The quantitative estimate of drug-likeness (QED) is 0.291. The summed E-state index contributed by atoms with van der Waals surface area (Å²) in [5.41, 5.74) is 2.04. The van der Waals surface area contributed by atoms with Gasteiger partial charge < -0.3 is 19.7 Å². The van der Waals surface area contributed by atoms with Gasteiger partial charge in [0.2, 0.25) is 21.8 Å². The van der Waals surface area contributed by atoms with Crippen LogP contribution in [0.15, 0.2) is 72.8 Å². The molecule has 2 amide bonds. The summed E-state index contributed by atoms with van der Waals surface area (Å²) in [6, 6.07) is 20.8. The van der Waals surface area contributed by atoms with E-state index in [1.807, 2.05) is 62.4 Å². The zero-order chi connectivity index (χ0) is 31.0. The predicted molar refractivity (Wildman–Crippen MR) is 168 cm³/mol. The lowest BCUT2D eigenvalue weighted by molar-refractivity contribution is -0.141. The first kappa shape index (κ1) is 32.2. The third-order valence-electron chi connectivity index (χ3n) is 6.97. The maximum absolute atomic E-state index is 13.9. The van der Waals surface area contributed by atoms with Gasteiger partial charge in [0.1, 0.15) is 19.3 Å². The standard InChI is InChI=1S/C32H38ClN3O6S/c1-23(2)34-32(38)28(20-24-10-5-4-6-11-24)35(22-25-12-7-8-13-27(25)33)31(37)14-9-17-36(43(3,39)40)26-15-16-29-30(21-26)42-19-18-41-29/h4-8,10-13,15-16,21,23,28H,9,14,17-20,22H2,1-3H3,(H,34,38)/t28-/m0/s1. The molecule has 1 atom stereocenters. The SMILES string of the molecule is CC(C)NC(=O)[C@H](Cc1ccccc1)N(Cc1ccccc1Cl)C(=O)CCCN(c1ccc2c(c1)OCCO2)S(C)(=O)=O. The molecule has 0 bridgehead atoms. The van der Waals surface area contributed by atoms with Gasteiger partial charge in [-0.3, -0.25) is 13.9 Å². The van der Waals surface area contributed by atoms with Gasteiger partial charge in [-0.15, -0.1) is 0 Å². The van der Waals surface area contributed by atoms with Gasteiger partial charge in [-0.2, -0.15) is 0 Å². The van der Waals surface area contributed by atoms with Crippen LogP contribution in [0.4, 0.5) is 5.69 Å². The highest BCUT2D eigenvalue weighted by Crippen LogP contribution is 2.35. The fraction of sp³-hybridized carbons (Fsp3) is 0.375. The molecule has 230 valence electrons. The smallest absolute Gasteiger partial charge is 0.243 e. The van der Waals surface area contributed by atoms with Crippen molar-refractivity contribution in [3.63, 3.8) is 0 Å². The summed E-state index contributed by atoms with van der Waals surface area (Å²) in [6.07, 6.45) is 1.67. The number of anilines is 1. The minimum atomic E-state index is -3.67. The Bertz CT molecular complexity index is 1520. The van der Waals surface area contributed by atoms with Crippen LogP contribution in [-0.4, -0.2) is 63.2 Å². The van der Waals surface area contributed by atoms with Crippen molar-refractivity contribution < 1.29 is 27.5 Å². The molecule has 11 heteroatoms. The zero-order valence-electron chi connectivity index (χ0n) is 24.7. The lowest BCUT2D eigenvalue weighted by Gasteiger charge is -2.32. The minimum Gasteiger partial charge on any atom is -0.486 e. The normalized spacial score (nSPS) is 13.3. The molecular weight excluding hydrogens is 590 g/mol. The lowest BCUT2D eigenvalue weighted by atomic mass is 10.0. The van der Waals surface area contributed by atoms with E-state index >= 15 is 0 Å². The summed E-state index contributed by atoms with van der Waals surface area (Å²) < 4.78 is 38.0. The first-order valence-corrected chi connectivity index (χ1v) is 16.5. The third kappa shape index (κ3) is 8.87. The van der Waals surface area contributed by atoms with Crippen molar-refractivity contribution in [3.8, 4) is 11.5 Å². The van der Waals surface area contributed by atoms with Crippen molar-refractivity contribution in [3.05, 3.63) is 88.9 Å². The first-order valence-electron chi connectivity index (χ1n) is 14.3.